The van der Waals surface area contributed by atoms with E-state index in [0.717, 1.165) is 17.0 Å². The summed E-state index contributed by atoms with van der Waals surface area (Å²) >= 11 is 5.90. The molecule has 0 radical (unpaired) electrons. The van der Waals surface area contributed by atoms with Gasteiger partial charge in [0.25, 0.3) is 0 Å². The second kappa shape index (κ2) is 5.80. The van der Waals surface area contributed by atoms with E-state index in [2.05, 4.69) is 9.97 Å². The average Bonchev–Trinajstić information content (AvgIpc) is 2.36. The lowest BCUT2D eigenvalue weighted by atomic mass is 10.2. The largest absolute Gasteiger partial charge is 0.459 e. The van der Waals surface area contributed by atoms with Gasteiger partial charge < -0.3 is 10.5 Å². The van der Waals surface area contributed by atoms with Crippen molar-refractivity contribution in [1.82, 2.24) is 9.97 Å². The van der Waals surface area contributed by atoms with Crippen molar-refractivity contribution >= 4 is 11.6 Å². The van der Waals surface area contributed by atoms with E-state index in [1.54, 1.807) is 0 Å². The molecule has 0 spiro atoms. The van der Waals surface area contributed by atoms with Gasteiger partial charge in [-0.25, -0.2) is 4.98 Å². The highest BCUT2D eigenvalue weighted by molar-refractivity contribution is 6.30. The highest BCUT2D eigenvalue weighted by atomic mass is 35.5. The molecule has 5 heteroatoms. The molecule has 0 aliphatic rings. The van der Waals surface area contributed by atoms with Crippen molar-refractivity contribution in [1.29, 1.82) is 0 Å². The molecule has 4 nitrogen and oxygen atoms in total. The number of nitrogens with two attached hydrogens (primary N) is 1. The fraction of sp³-hybridized carbons (Fsp3) is 0.231. The van der Waals surface area contributed by atoms with E-state index in [9.17, 15) is 0 Å². The Labute approximate surface area is 111 Å². The van der Waals surface area contributed by atoms with Gasteiger partial charge in [0.2, 0.25) is 0 Å². The smallest absolute Gasteiger partial charge is 0.317 e. The molecule has 0 bridgehead atoms. The van der Waals surface area contributed by atoms with Gasteiger partial charge in [-0.05, 0) is 30.7 Å². The van der Waals surface area contributed by atoms with Crippen LogP contribution in [0.3, 0.4) is 0 Å². The van der Waals surface area contributed by atoms with E-state index in [0.29, 0.717) is 24.2 Å². The molecular formula is C13H14ClN3O. The van der Waals surface area contributed by atoms with Gasteiger partial charge in [-0.15, -0.1) is 0 Å². The van der Waals surface area contributed by atoms with Crippen LogP contribution in [0.4, 0.5) is 0 Å². The molecule has 0 saturated heterocycles. The summed E-state index contributed by atoms with van der Waals surface area (Å²) in [6.45, 7) is 2.64. The number of hydrogen-bond acceptors (Lipinski definition) is 4. The van der Waals surface area contributed by atoms with Gasteiger partial charge in [0, 0.05) is 17.3 Å². The Hall–Kier alpha value is -1.65. The van der Waals surface area contributed by atoms with Crippen LogP contribution in [0, 0.1) is 6.92 Å². The zero-order valence-electron chi connectivity index (χ0n) is 10.1. The lowest BCUT2D eigenvalue weighted by molar-refractivity contribution is 0.279. The highest BCUT2D eigenvalue weighted by Crippen LogP contribution is 2.13. The van der Waals surface area contributed by atoms with E-state index >= 15 is 0 Å². The van der Waals surface area contributed by atoms with E-state index in [1.807, 2.05) is 37.3 Å². The van der Waals surface area contributed by atoms with Crippen LogP contribution in [-0.2, 0) is 13.2 Å². The monoisotopic (exact) mass is 263 g/mol. The number of benzene rings is 1. The average molecular weight is 264 g/mol. The molecule has 2 aromatic rings. The Balaban J connectivity index is 2.08. The standard InChI is InChI=1S/C13H14ClN3O/c1-9-5-12(7-15)17-13(16-9)18-8-10-3-2-4-11(14)6-10/h2-6H,7-8,15H2,1H3. The highest BCUT2D eigenvalue weighted by Gasteiger charge is 2.03. The van der Waals surface area contributed by atoms with Crippen LogP contribution in [0.1, 0.15) is 17.0 Å². The minimum atomic E-state index is 0.343. The third kappa shape index (κ3) is 3.42. The SMILES string of the molecule is Cc1cc(CN)nc(OCc2cccc(Cl)c2)n1. The number of ether oxygens (including phenoxy) is 1. The Bertz CT molecular complexity index is 546. The number of nitrogens with zero attached hydrogens (tertiary/aromatic N) is 2. The second-order valence-corrected chi connectivity index (χ2v) is 4.34. The minimum Gasteiger partial charge on any atom is -0.459 e. The van der Waals surface area contributed by atoms with Crippen LogP contribution in [0.15, 0.2) is 30.3 Å². The number of aromatic nitrogens is 2. The van der Waals surface area contributed by atoms with Crippen LogP contribution >= 0.6 is 11.6 Å². The van der Waals surface area contributed by atoms with Crippen molar-refractivity contribution in [2.24, 2.45) is 5.73 Å². The van der Waals surface area contributed by atoms with Gasteiger partial charge in [0.05, 0.1) is 5.69 Å². The molecule has 0 saturated carbocycles. The first-order valence-electron chi connectivity index (χ1n) is 5.59. The quantitative estimate of drug-likeness (QED) is 0.921. The lowest BCUT2D eigenvalue weighted by Gasteiger charge is -2.07. The minimum absolute atomic E-state index is 0.343. The zero-order chi connectivity index (χ0) is 13.0. The third-order valence-electron chi connectivity index (χ3n) is 2.35. The van der Waals surface area contributed by atoms with Crippen LogP contribution in [0.25, 0.3) is 0 Å². The normalized spacial score (nSPS) is 10.4. The Morgan fingerprint density at radius 1 is 1.28 bits per heavy atom. The van der Waals surface area contributed by atoms with Gasteiger partial charge in [0.15, 0.2) is 0 Å². The van der Waals surface area contributed by atoms with E-state index in [1.165, 1.54) is 0 Å². The summed E-state index contributed by atoms with van der Waals surface area (Å²) in [6, 6.07) is 9.67. The van der Waals surface area contributed by atoms with Gasteiger partial charge in [0.1, 0.15) is 6.61 Å². The molecule has 1 heterocycles. The van der Waals surface area contributed by atoms with Crippen molar-refractivity contribution in [2.75, 3.05) is 0 Å². The van der Waals surface area contributed by atoms with Crippen molar-refractivity contribution in [3.05, 3.63) is 52.3 Å². The van der Waals surface area contributed by atoms with Crippen molar-refractivity contribution in [2.45, 2.75) is 20.1 Å². The van der Waals surface area contributed by atoms with Crippen LogP contribution in [0.2, 0.25) is 5.02 Å². The third-order valence-corrected chi connectivity index (χ3v) is 2.59. The first kappa shape index (κ1) is 12.8. The molecular weight excluding hydrogens is 250 g/mol. The van der Waals surface area contributed by atoms with Crippen LogP contribution in [-0.4, -0.2) is 9.97 Å². The summed E-state index contributed by atoms with van der Waals surface area (Å²) in [6.07, 6.45) is 0. The maximum absolute atomic E-state index is 5.90. The number of rotatable bonds is 4. The van der Waals surface area contributed by atoms with Crippen molar-refractivity contribution in [3.8, 4) is 6.01 Å². The molecule has 0 atom stereocenters. The van der Waals surface area contributed by atoms with Crippen LogP contribution < -0.4 is 10.5 Å². The molecule has 2 N–H and O–H groups in total. The fourth-order valence-corrected chi connectivity index (χ4v) is 1.76. The molecule has 1 aromatic heterocycles. The first-order chi connectivity index (χ1) is 8.67. The summed E-state index contributed by atoms with van der Waals surface area (Å²) in [5, 5.41) is 0.684. The maximum Gasteiger partial charge on any atom is 0.317 e. The molecule has 2 rings (SSSR count). The predicted octanol–water partition coefficient (Wildman–Crippen LogP) is 2.48. The topological polar surface area (TPSA) is 61.0 Å². The summed E-state index contributed by atoms with van der Waals surface area (Å²) < 4.78 is 5.53. The number of hydrogen-bond donors (Lipinski definition) is 1. The second-order valence-electron chi connectivity index (χ2n) is 3.91. The summed E-state index contributed by atoms with van der Waals surface area (Å²) in [5.41, 5.74) is 8.13. The Morgan fingerprint density at radius 2 is 2.11 bits per heavy atom. The van der Waals surface area contributed by atoms with E-state index in [-0.39, 0.29) is 0 Å². The molecule has 0 unspecified atom stereocenters. The zero-order valence-corrected chi connectivity index (χ0v) is 10.8. The summed E-state index contributed by atoms with van der Waals surface area (Å²) in [5.74, 6) is 0. The van der Waals surface area contributed by atoms with Gasteiger partial charge in [-0.1, -0.05) is 23.7 Å². The predicted molar refractivity (Wildman–Crippen MR) is 70.4 cm³/mol. The van der Waals surface area contributed by atoms with E-state index in [4.69, 9.17) is 22.1 Å². The molecule has 1 aromatic carbocycles. The van der Waals surface area contributed by atoms with Crippen LogP contribution in [0.5, 0.6) is 6.01 Å². The van der Waals surface area contributed by atoms with Gasteiger partial charge in [-0.3, -0.25) is 0 Å². The maximum atomic E-state index is 5.90. The molecule has 18 heavy (non-hydrogen) atoms. The van der Waals surface area contributed by atoms with Crippen molar-refractivity contribution < 1.29 is 4.74 Å². The molecule has 0 fully saturated rings. The van der Waals surface area contributed by atoms with Gasteiger partial charge in [-0.2, -0.15) is 4.98 Å². The molecule has 94 valence electrons. The molecule has 0 amide bonds. The summed E-state index contributed by atoms with van der Waals surface area (Å²) in [7, 11) is 0. The summed E-state index contributed by atoms with van der Waals surface area (Å²) in [4.78, 5) is 8.40. The van der Waals surface area contributed by atoms with Crippen molar-refractivity contribution in [3.63, 3.8) is 0 Å². The number of halogens is 1. The Kier molecular flexibility index (Phi) is 4.12. The fourth-order valence-electron chi connectivity index (χ4n) is 1.55. The lowest BCUT2D eigenvalue weighted by Crippen LogP contribution is -2.05. The first-order valence-corrected chi connectivity index (χ1v) is 5.97. The van der Waals surface area contributed by atoms with Gasteiger partial charge >= 0.3 is 6.01 Å². The molecule has 0 aliphatic heterocycles. The number of aryl methyl sites for hydroxylation is 1. The van der Waals surface area contributed by atoms with E-state index < -0.39 is 0 Å². The molecule has 0 aliphatic carbocycles. The Morgan fingerprint density at radius 3 is 2.83 bits per heavy atom.